The molecule has 5 rings (SSSR count). The third kappa shape index (κ3) is 4.20. The average molecular weight is 452 g/mol. The molecule has 1 aliphatic heterocycles. The van der Waals surface area contributed by atoms with E-state index in [-0.39, 0.29) is 11.5 Å². The second-order valence-electron chi connectivity index (χ2n) is 11.3. The Morgan fingerprint density at radius 1 is 1.15 bits per heavy atom. The van der Waals surface area contributed by atoms with Crippen molar-refractivity contribution in [2.75, 3.05) is 13.1 Å². The van der Waals surface area contributed by atoms with Crippen molar-refractivity contribution >= 4 is 0 Å². The summed E-state index contributed by atoms with van der Waals surface area (Å²) >= 11 is 0. The maximum Gasteiger partial charge on any atom is 0.181 e. The molecule has 6 atom stereocenters. The first-order chi connectivity index (χ1) is 16.1. The number of hydrogen-bond acceptors (Lipinski definition) is 6. The molecule has 3 saturated carbocycles. The van der Waals surface area contributed by atoms with Crippen LogP contribution in [0.4, 0.5) is 0 Å². The lowest BCUT2D eigenvalue weighted by Crippen LogP contribution is -2.57. The summed E-state index contributed by atoms with van der Waals surface area (Å²) in [5, 5.41) is 29.5. The van der Waals surface area contributed by atoms with Gasteiger partial charge in [0, 0.05) is 30.2 Å². The molecular formula is C26H41N7. The molecular weight excluding hydrogens is 410 g/mol. The van der Waals surface area contributed by atoms with Crippen LogP contribution in [0.3, 0.4) is 0 Å². The molecule has 2 heterocycles. The van der Waals surface area contributed by atoms with Crippen LogP contribution in [0, 0.1) is 35.0 Å². The van der Waals surface area contributed by atoms with E-state index < -0.39 is 0 Å². The number of hydrogen-bond donors (Lipinski definition) is 2. The SMILES string of the molecule is C=C(CN[C@H](C)CC1(c2nn[nH]n2)C2CCCCC2CC2CCCCC21)N1CCCC1C#N. The molecule has 0 spiro atoms. The minimum atomic E-state index is -0.00961. The van der Waals surface area contributed by atoms with E-state index in [1.807, 2.05) is 0 Å². The molecule has 4 fully saturated rings. The highest BCUT2D eigenvalue weighted by molar-refractivity contribution is 5.19. The molecule has 0 amide bonds. The Kier molecular flexibility index (Phi) is 6.74. The zero-order valence-corrected chi connectivity index (χ0v) is 20.3. The number of nitrogens with zero attached hydrogens (tertiary/aromatic N) is 5. The lowest BCUT2D eigenvalue weighted by atomic mass is 9.46. The lowest BCUT2D eigenvalue weighted by molar-refractivity contribution is -0.0517. The van der Waals surface area contributed by atoms with Gasteiger partial charge in [0.25, 0.3) is 0 Å². The monoisotopic (exact) mass is 451 g/mol. The first-order valence-corrected chi connectivity index (χ1v) is 13.4. The van der Waals surface area contributed by atoms with Crippen LogP contribution in [0.1, 0.15) is 89.8 Å². The van der Waals surface area contributed by atoms with Gasteiger partial charge in [-0.15, -0.1) is 10.2 Å². The number of rotatable bonds is 7. The van der Waals surface area contributed by atoms with Crippen molar-refractivity contribution in [1.82, 2.24) is 30.8 Å². The number of tetrazole rings is 1. The molecule has 33 heavy (non-hydrogen) atoms. The zero-order chi connectivity index (χ0) is 22.8. The fourth-order valence-corrected chi connectivity index (χ4v) is 8.34. The van der Waals surface area contributed by atoms with Gasteiger partial charge in [0.2, 0.25) is 0 Å². The summed E-state index contributed by atoms with van der Waals surface area (Å²) in [6.45, 7) is 8.34. The number of H-pyrrole nitrogens is 1. The van der Waals surface area contributed by atoms with E-state index in [1.54, 1.807) is 0 Å². The van der Waals surface area contributed by atoms with E-state index in [4.69, 9.17) is 0 Å². The van der Waals surface area contributed by atoms with Crippen molar-refractivity contribution in [1.29, 1.82) is 5.26 Å². The van der Waals surface area contributed by atoms with Crippen molar-refractivity contribution < 1.29 is 0 Å². The molecule has 5 unspecified atom stereocenters. The Morgan fingerprint density at radius 2 is 1.85 bits per heavy atom. The average Bonchev–Trinajstić information content (AvgIpc) is 3.55. The Bertz CT molecular complexity index is 821. The molecule has 0 aromatic carbocycles. The molecule has 2 N–H and O–H groups in total. The van der Waals surface area contributed by atoms with Crippen molar-refractivity contribution in [3.8, 4) is 6.07 Å². The third-order valence-corrected chi connectivity index (χ3v) is 9.62. The summed E-state index contributed by atoms with van der Waals surface area (Å²) in [6.07, 6.45) is 15.3. The van der Waals surface area contributed by atoms with E-state index in [2.05, 4.69) is 50.4 Å². The number of aromatic nitrogens is 4. The smallest absolute Gasteiger partial charge is 0.181 e. The topological polar surface area (TPSA) is 93.5 Å². The summed E-state index contributed by atoms with van der Waals surface area (Å²) in [5.41, 5.74) is 1.06. The van der Waals surface area contributed by atoms with Gasteiger partial charge in [-0.25, -0.2) is 0 Å². The first-order valence-electron chi connectivity index (χ1n) is 13.4. The van der Waals surface area contributed by atoms with E-state index in [1.165, 1.54) is 57.8 Å². The highest BCUT2D eigenvalue weighted by atomic mass is 15.5. The van der Waals surface area contributed by atoms with Gasteiger partial charge in [0.05, 0.1) is 6.07 Å². The largest absolute Gasteiger partial charge is 0.358 e. The standard InChI is InChI=1S/C26H41N7/c1-18(28-17-19(2)33-13-7-10-22(33)16-27)15-26(25-29-31-32-30-25)23-11-5-3-8-20(23)14-21-9-4-6-12-24(21)26/h18,20-24,28H,2-15,17H2,1H3,(H,29,30,31,32)/t18-,20?,21?,22?,23?,24?,26?/m1/s1. The highest BCUT2D eigenvalue weighted by Gasteiger charge is 2.58. The molecule has 1 aromatic rings. The third-order valence-electron chi connectivity index (χ3n) is 9.62. The van der Waals surface area contributed by atoms with E-state index >= 15 is 0 Å². The number of nitrogens with one attached hydrogen (secondary N) is 2. The van der Waals surface area contributed by atoms with Crippen LogP contribution in [-0.4, -0.2) is 50.7 Å². The van der Waals surface area contributed by atoms with E-state index in [0.717, 1.165) is 55.7 Å². The minimum absolute atomic E-state index is 0.00961. The second-order valence-corrected chi connectivity index (χ2v) is 11.3. The number of fused-ring (bicyclic) bond motifs is 2. The molecule has 3 aliphatic carbocycles. The van der Waals surface area contributed by atoms with Crippen LogP contribution in [0.25, 0.3) is 0 Å². The van der Waals surface area contributed by atoms with Crippen LogP contribution in [0.2, 0.25) is 0 Å². The van der Waals surface area contributed by atoms with Crippen LogP contribution >= 0.6 is 0 Å². The van der Waals surface area contributed by atoms with Crippen LogP contribution < -0.4 is 5.32 Å². The normalized spacial score (nSPS) is 37.1. The molecule has 1 saturated heterocycles. The van der Waals surface area contributed by atoms with Crippen LogP contribution in [0.15, 0.2) is 12.3 Å². The summed E-state index contributed by atoms with van der Waals surface area (Å²) in [7, 11) is 0. The lowest BCUT2D eigenvalue weighted by Gasteiger charge is -2.58. The van der Waals surface area contributed by atoms with E-state index in [9.17, 15) is 5.26 Å². The Balaban J connectivity index is 1.38. The van der Waals surface area contributed by atoms with Crippen LogP contribution in [-0.2, 0) is 5.41 Å². The highest BCUT2D eigenvalue weighted by Crippen LogP contribution is 2.61. The van der Waals surface area contributed by atoms with Gasteiger partial charge in [-0.2, -0.15) is 10.5 Å². The fourth-order valence-electron chi connectivity index (χ4n) is 8.34. The molecule has 180 valence electrons. The maximum atomic E-state index is 9.46. The predicted molar refractivity (Wildman–Crippen MR) is 128 cm³/mol. The number of likely N-dealkylation sites (tertiary alicyclic amines) is 1. The van der Waals surface area contributed by atoms with Crippen molar-refractivity contribution in [2.24, 2.45) is 23.7 Å². The Morgan fingerprint density at radius 3 is 2.48 bits per heavy atom. The number of aromatic amines is 1. The van der Waals surface area contributed by atoms with Gasteiger partial charge >= 0.3 is 0 Å². The van der Waals surface area contributed by atoms with Gasteiger partial charge in [0.15, 0.2) is 5.82 Å². The second kappa shape index (κ2) is 9.74. The summed E-state index contributed by atoms with van der Waals surface area (Å²) in [4.78, 5) is 2.20. The van der Waals surface area contributed by atoms with Crippen LogP contribution in [0.5, 0.6) is 0 Å². The molecule has 1 aromatic heterocycles. The van der Waals surface area contributed by atoms with E-state index in [0.29, 0.717) is 17.9 Å². The maximum absolute atomic E-state index is 9.46. The van der Waals surface area contributed by atoms with Crippen molar-refractivity contribution in [3.63, 3.8) is 0 Å². The zero-order valence-electron chi connectivity index (χ0n) is 20.3. The predicted octanol–water partition coefficient (Wildman–Crippen LogP) is 4.32. The van der Waals surface area contributed by atoms with Crippen molar-refractivity contribution in [2.45, 2.75) is 101 Å². The summed E-state index contributed by atoms with van der Waals surface area (Å²) in [5.74, 6) is 3.92. The Labute approximate surface area is 198 Å². The molecule has 7 nitrogen and oxygen atoms in total. The molecule has 4 aliphatic rings. The fraction of sp³-hybridized carbons (Fsp3) is 0.846. The molecule has 0 radical (unpaired) electrons. The quantitative estimate of drug-likeness (QED) is 0.641. The van der Waals surface area contributed by atoms with Gasteiger partial charge < -0.3 is 10.2 Å². The molecule has 7 heteroatoms. The Hall–Kier alpha value is -1.94. The number of nitriles is 1. The minimum Gasteiger partial charge on any atom is -0.358 e. The van der Waals surface area contributed by atoms with Gasteiger partial charge in [-0.3, -0.25) is 0 Å². The van der Waals surface area contributed by atoms with Gasteiger partial charge in [-0.1, -0.05) is 50.3 Å². The summed E-state index contributed by atoms with van der Waals surface area (Å²) < 4.78 is 0. The van der Waals surface area contributed by atoms with Crippen molar-refractivity contribution in [3.05, 3.63) is 18.1 Å². The van der Waals surface area contributed by atoms with Gasteiger partial charge in [0.1, 0.15) is 6.04 Å². The summed E-state index contributed by atoms with van der Waals surface area (Å²) in [6, 6.07) is 2.76. The first kappa shape index (κ1) is 22.8. The van der Waals surface area contributed by atoms with Gasteiger partial charge in [-0.05, 0) is 69.1 Å². The molecule has 0 bridgehead atoms.